The van der Waals surface area contributed by atoms with E-state index in [9.17, 15) is 4.79 Å². The third-order valence-corrected chi connectivity index (χ3v) is 2.74. The molecule has 0 aromatic carbocycles. The van der Waals surface area contributed by atoms with E-state index in [2.05, 4.69) is 10.3 Å². The number of nitrogen functional groups attached to an aromatic ring is 2. The molecule has 1 unspecified atom stereocenters. The second kappa shape index (κ2) is 3.88. The van der Waals surface area contributed by atoms with Crippen LogP contribution < -0.4 is 21.7 Å². The molecule has 6 heteroatoms. The molecule has 2 heterocycles. The summed E-state index contributed by atoms with van der Waals surface area (Å²) in [5.74, 6) is 0.994. The Morgan fingerprint density at radius 1 is 1.50 bits per heavy atom. The fraction of sp³-hybridized carbons (Fsp3) is 0.400. The van der Waals surface area contributed by atoms with Crippen molar-refractivity contribution in [3.63, 3.8) is 0 Å². The molecule has 1 aromatic heterocycles. The standard InChI is InChI=1S/C10H15N5O/c1-6-10(16)13-4-5-15(6)8-3-2-7(11)9(12)14-8/h2-3,6H,4-5,11H2,1H3,(H2,12,14)(H,13,16). The first kappa shape index (κ1) is 10.5. The van der Waals surface area contributed by atoms with Crippen LogP contribution in [0.1, 0.15) is 6.92 Å². The lowest BCUT2D eigenvalue weighted by Crippen LogP contribution is -2.54. The van der Waals surface area contributed by atoms with Gasteiger partial charge in [-0.05, 0) is 19.1 Å². The minimum absolute atomic E-state index is 0.00319. The summed E-state index contributed by atoms with van der Waals surface area (Å²) in [6.45, 7) is 3.18. The number of carbonyl (C=O) groups is 1. The number of anilines is 3. The van der Waals surface area contributed by atoms with Gasteiger partial charge in [-0.3, -0.25) is 4.79 Å². The third-order valence-electron chi connectivity index (χ3n) is 2.74. The van der Waals surface area contributed by atoms with Crippen molar-refractivity contribution in [3.8, 4) is 0 Å². The number of piperazine rings is 1. The van der Waals surface area contributed by atoms with Crippen LogP contribution in [0.2, 0.25) is 0 Å². The summed E-state index contributed by atoms with van der Waals surface area (Å²) in [5.41, 5.74) is 11.7. The van der Waals surface area contributed by atoms with E-state index in [0.717, 1.165) is 6.54 Å². The van der Waals surface area contributed by atoms with Crippen molar-refractivity contribution in [1.29, 1.82) is 0 Å². The maximum Gasteiger partial charge on any atom is 0.242 e. The first-order valence-corrected chi connectivity index (χ1v) is 5.16. The molecule has 0 saturated carbocycles. The molecule has 1 aliphatic rings. The fourth-order valence-corrected chi connectivity index (χ4v) is 1.73. The summed E-state index contributed by atoms with van der Waals surface area (Å²) in [5, 5.41) is 2.79. The van der Waals surface area contributed by atoms with Gasteiger partial charge in [-0.25, -0.2) is 4.98 Å². The van der Waals surface area contributed by atoms with Crippen LogP contribution in [0, 0.1) is 0 Å². The number of hydrogen-bond acceptors (Lipinski definition) is 5. The van der Waals surface area contributed by atoms with E-state index in [1.165, 1.54) is 0 Å². The van der Waals surface area contributed by atoms with Gasteiger partial charge in [0.2, 0.25) is 5.91 Å². The predicted molar refractivity (Wildman–Crippen MR) is 62.9 cm³/mol. The van der Waals surface area contributed by atoms with Gasteiger partial charge in [0.1, 0.15) is 17.7 Å². The van der Waals surface area contributed by atoms with Crippen molar-refractivity contribution in [2.45, 2.75) is 13.0 Å². The average Bonchev–Trinajstić information content (AvgIpc) is 2.26. The van der Waals surface area contributed by atoms with Gasteiger partial charge < -0.3 is 21.7 Å². The average molecular weight is 221 g/mol. The van der Waals surface area contributed by atoms with Gasteiger partial charge in [-0.2, -0.15) is 0 Å². The Labute approximate surface area is 93.6 Å². The largest absolute Gasteiger partial charge is 0.396 e. The van der Waals surface area contributed by atoms with Gasteiger partial charge in [-0.1, -0.05) is 0 Å². The number of aromatic nitrogens is 1. The summed E-state index contributed by atoms with van der Waals surface area (Å²) < 4.78 is 0. The zero-order chi connectivity index (χ0) is 11.7. The molecule has 1 aromatic rings. The number of amides is 1. The van der Waals surface area contributed by atoms with Crippen molar-refractivity contribution in [2.24, 2.45) is 0 Å². The molecular weight excluding hydrogens is 206 g/mol. The van der Waals surface area contributed by atoms with Gasteiger partial charge in [0.25, 0.3) is 0 Å². The predicted octanol–water partition coefficient (Wildman–Crippen LogP) is -0.429. The highest BCUT2D eigenvalue weighted by Crippen LogP contribution is 2.20. The lowest BCUT2D eigenvalue weighted by molar-refractivity contribution is -0.122. The van der Waals surface area contributed by atoms with E-state index in [1.54, 1.807) is 12.1 Å². The minimum atomic E-state index is -0.232. The number of nitrogens with zero attached hydrogens (tertiary/aromatic N) is 2. The number of pyridine rings is 1. The summed E-state index contributed by atoms with van der Waals surface area (Å²) >= 11 is 0. The molecular formula is C10H15N5O. The Balaban J connectivity index is 2.29. The quantitative estimate of drug-likeness (QED) is 0.598. The highest BCUT2D eigenvalue weighted by Gasteiger charge is 2.26. The van der Waals surface area contributed by atoms with Gasteiger partial charge in [0.05, 0.1) is 5.69 Å². The van der Waals surface area contributed by atoms with Crippen molar-refractivity contribution < 1.29 is 4.79 Å². The van der Waals surface area contributed by atoms with Crippen molar-refractivity contribution >= 4 is 23.2 Å². The van der Waals surface area contributed by atoms with E-state index in [-0.39, 0.29) is 11.9 Å². The van der Waals surface area contributed by atoms with Crippen molar-refractivity contribution in [1.82, 2.24) is 10.3 Å². The van der Waals surface area contributed by atoms with Crippen LogP contribution in [-0.4, -0.2) is 30.0 Å². The highest BCUT2D eigenvalue weighted by molar-refractivity contribution is 5.85. The molecule has 0 radical (unpaired) electrons. The molecule has 1 aliphatic heterocycles. The first-order chi connectivity index (χ1) is 7.59. The molecule has 16 heavy (non-hydrogen) atoms. The summed E-state index contributed by atoms with van der Waals surface area (Å²) in [7, 11) is 0. The molecule has 0 bridgehead atoms. The molecule has 5 N–H and O–H groups in total. The highest BCUT2D eigenvalue weighted by atomic mass is 16.2. The second-order valence-corrected chi connectivity index (χ2v) is 3.80. The topological polar surface area (TPSA) is 97.3 Å². The summed E-state index contributed by atoms with van der Waals surface area (Å²) in [4.78, 5) is 17.6. The molecule has 1 atom stereocenters. The van der Waals surface area contributed by atoms with Gasteiger partial charge in [0, 0.05) is 13.1 Å². The number of nitrogens with two attached hydrogens (primary N) is 2. The Morgan fingerprint density at radius 3 is 2.94 bits per heavy atom. The molecule has 0 spiro atoms. The maximum absolute atomic E-state index is 11.5. The van der Waals surface area contributed by atoms with E-state index < -0.39 is 0 Å². The van der Waals surface area contributed by atoms with Crippen LogP contribution in [0.5, 0.6) is 0 Å². The SMILES string of the molecule is CC1C(=O)NCCN1c1ccc(N)c(N)n1. The Bertz CT molecular complexity index is 420. The maximum atomic E-state index is 11.5. The molecule has 1 fully saturated rings. The van der Waals surface area contributed by atoms with Crippen LogP contribution in [0.3, 0.4) is 0 Å². The number of nitrogens with one attached hydrogen (secondary N) is 1. The van der Waals surface area contributed by atoms with E-state index in [1.807, 2.05) is 11.8 Å². The van der Waals surface area contributed by atoms with Crippen LogP contribution in [0.15, 0.2) is 12.1 Å². The lowest BCUT2D eigenvalue weighted by Gasteiger charge is -2.33. The minimum Gasteiger partial charge on any atom is -0.396 e. The normalized spacial score (nSPS) is 20.7. The number of hydrogen-bond donors (Lipinski definition) is 3. The number of carbonyl (C=O) groups excluding carboxylic acids is 1. The third kappa shape index (κ3) is 1.73. The molecule has 1 amide bonds. The Hall–Kier alpha value is -1.98. The van der Waals surface area contributed by atoms with E-state index in [4.69, 9.17) is 11.5 Å². The lowest BCUT2D eigenvalue weighted by atomic mass is 10.2. The van der Waals surface area contributed by atoms with Crippen LogP contribution in [-0.2, 0) is 4.79 Å². The van der Waals surface area contributed by atoms with Gasteiger partial charge >= 0.3 is 0 Å². The molecule has 2 rings (SSSR count). The molecule has 86 valence electrons. The summed E-state index contributed by atoms with van der Waals surface area (Å²) in [6, 6.07) is 3.25. The number of rotatable bonds is 1. The monoisotopic (exact) mass is 221 g/mol. The smallest absolute Gasteiger partial charge is 0.242 e. The van der Waals surface area contributed by atoms with Gasteiger partial charge in [0.15, 0.2) is 0 Å². The van der Waals surface area contributed by atoms with Gasteiger partial charge in [-0.15, -0.1) is 0 Å². The van der Waals surface area contributed by atoms with Crippen LogP contribution in [0.4, 0.5) is 17.3 Å². The first-order valence-electron chi connectivity index (χ1n) is 5.16. The van der Waals surface area contributed by atoms with Crippen LogP contribution in [0.25, 0.3) is 0 Å². The van der Waals surface area contributed by atoms with Crippen LogP contribution >= 0.6 is 0 Å². The second-order valence-electron chi connectivity index (χ2n) is 3.80. The summed E-state index contributed by atoms with van der Waals surface area (Å²) in [6.07, 6.45) is 0. The van der Waals surface area contributed by atoms with E-state index >= 15 is 0 Å². The van der Waals surface area contributed by atoms with E-state index in [0.29, 0.717) is 23.9 Å². The Morgan fingerprint density at radius 2 is 2.25 bits per heavy atom. The fourth-order valence-electron chi connectivity index (χ4n) is 1.73. The van der Waals surface area contributed by atoms with Crippen molar-refractivity contribution in [2.75, 3.05) is 29.5 Å². The van der Waals surface area contributed by atoms with Crippen molar-refractivity contribution in [3.05, 3.63) is 12.1 Å². The molecule has 0 aliphatic carbocycles. The molecule has 6 nitrogen and oxygen atoms in total. The Kier molecular flexibility index (Phi) is 2.55. The zero-order valence-electron chi connectivity index (χ0n) is 9.10. The molecule has 1 saturated heterocycles. The zero-order valence-corrected chi connectivity index (χ0v) is 9.10.